The quantitative estimate of drug-likeness (QED) is 0.717. The molecule has 0 amide bonds. The number of fused-ring (bicyclic) bond motifs is 1. The van der Waals surface area contributed by atoms with E-state index in [1.165, 1.54) is 6.07 Å². The molecule has 2 aliphatic rings. The van der Waals surface area contributed by atoms with Crippen molar-refractivity contribution in [1.29, 1.82) is 0 Å². The first kappa shape index (κ1) is 11.8. The number of benzene rings is 1. The Labute approximate surface area is 107 Å². The minimum Gasteiger partial charge on any atom is -0.361 e. The van der Waals surface area contributed by atoms with Crippen LogP contribution in [0.4, 0.5) is 15.8 Å². The number of nitrogens with two attached hydrogens (primary N) is 1. The number of hydrogen-bond acceptors (Lipinski definition) is 3. The summed E-state index contributed by atoms with van der Waals surface area (Å²) in [5, 5.41) is 6.95. The van der Waals surface area contributed by atoms with E-state index in [9.17, 15) is 4.39 Å². The SMILES string of the molecule is CC1(C2CCC(N)CC2)Nc2ccc(F)cc2N1. The Hall–Kier alpha value is -1.29. The van der Waals surface area contributed by atoms with E-state index in [1.807, 2.05) is 0 Å². The maximum Gasteiger partial charge on any atom is 0.125 e. The van der Waals surface area contributed by atoms with Gasteiger partial charge in [0, 0.05) is 12.0 Å². The molecule has 1 aromatic carbocycles. The van der Waals surface area contributed by atoms with Gasteiger partial charge in [0.2, 0.25) is 0 Å². The minimum atomic E-state index is -0.196. The van der Waals surface area contributed by atoms with Crippen molar-refractivity contribution in [2.75, 3.05) is 10.6 Å². The number of halogens is 1. The Bertz CT molecular complexity index is 454. The van der Waals surface area contributed by atoms with E-state index in [0.717, 1.165) is 37.1 Å². The summed E-state index contributed by atoms with van der Waals surface area (Å²) in [7, 11) is 0. The first-order valence-electron chi connectivity index (χ1n) is 6.68. The maximum absolute atomic E-state index is 13.2. The van der Waals surface area contributed by atoms with Gasteiger partial charge in [0.05, 0.1) is 11.4 Å². The van der Waals surface area contributed by atoms with Crippen molar-refractivity contribution in [2.45, 2.75) is 44.3 Å². The molecule has 1 unspecified atom stereocenters. The van der Waals surface area contributed by atoms with Gasteiger partial charge in [-0.15, -0.1) is 0 Å². The lowest BCUT2D eigenvalue weighted by Gasteiger charge is -2.39. The average molecular weight is 249 g/mol. The standard InChI is InChI=1S/C14H20FN3/c1-14(9-2-5-11(16)6-3-9)17-12-7-4-10(15)8-13(12)18-14/h4,7-9,11,17-18H,2-3,5-6,16H2,1H3. The monoisotopic (exact) mass is 249 g/mol. The van der Waals surface area contributed by atoms with E-state index < -0.39 is 0 Å². The molecule has 1 aliphatic heterocycles. The molecular weight excluding hydrogens is 229 g/mol. The highest BCUT2D eigenvalue weighted by Crippen LogP contribution is 2.42. The summed E-state index contributed by atoms with van der Waals surface area (Å²) >= 11 is 0. The fourth-order valence-electron chi connectivity index (χ4n) is 3.22. The van der Waals surface area contributed by atoms with Gasteiger partial charge in [-0.2, -0.15) is 0 Å². The van der Waals surface area contributed by atoms with E-state index >= 15 is 0 Å². The molecule has 1 saturated carbocycles. The molecule has 4 N–H and O–H groups in total. The molecule has 0 spiro atoms. The van der Waals surface area contributed by atoms with Gasteiger partial charge < -0.3 is 16.4 Å². The zero-order valence-electron chi connectivity index (χ0n) is 10.7. The largest absolute Gasteiger partial charge is 0.361 e. The molecule has 0 saturated heterocycles. The lowest BCUT2D eigenvalue weighted by molar-refractivity contribution is 0.251. The second-order valence-electron chi connectivity index (χ2n) is 5.75. The maximum atomic E-state index is 13.2. The zero-order valence-corrected chi connectivity index (χ0v) is 10.7. The lowest BCUT2D eigenvalue weighted by Crippen LogP contribution is -2.48. The van der Waals surface area contributed by atoms with Crippen molar-refractivity contribution in [1.82, 2.24) is 0 Å². The predicted octanol–water partition coefficient (Wildman–Crippen LogP) is 2.90. The van der Waals surface area contributed by atoms with E-state index in [1.54, 1.807) is 12.1 Å². The van der Waals surface area contributed by atoms with Crippen molar-refractivity contribution in [3.8, 4) is 0 Å². The van der Waals surface area contributed by atoms with Gasteiger partial charge in [0.25, 0.3) is 0 Å². The summed E-state index contributed by atoms with van der Waals surface area (Å²) in [5.41, 5.74) is 7.64. The molecule has 3 rings (SSSR count). The van der Waals surface area contributed by atoms with Crippen LogP contribution in [0.3, 0.4) is 0 Å². The molecule has 0 bridgehead atoms. The molecular formula is C14H20FN3. The van der Waals surface area contributed by atoms with Crippen molar-refractivity contribution < 1.29 is 4.39 Å². The summed E-state index contributed by atoms with van der Waals surface area (Å²) < 4.78 is 13.2. The Morgan fingerprint density at radius 2 is 1.83 bits per heavy atom. The molecule has 1 aromatic rings. The third kappa shape index (κ3) is 1.94. The second-order valence-corrected chi connectivity index (χ2v) is 5.75. The van der Waals surface area contributed by atoms with Crippen LogP contribution in [0.5, 0.6) is 0 Å². The normalized spacial score (nSPS) is 34.6. The van der Waals surface area contributed by atoms with E-state index in [2.05, 4.69) is 17.6 Å². The molecule has 0 aromatic heterocycles. The summed E-state index contributed by atoms with van der Waals surface area (Å²) in [6, 6.07) is 5.21. The van der Waals surface area contributed by atoms with Gasteiger partial charge in [-0.25, -0.2) is 4.39 Å². The number of rotatable bonds is 1. The van der Waals surface area contributed by atoms with Gasteiger partial charge in [-0.05, 0) is 50.8 Å². The van der Waals surface area contributed by atoms with Gasteiger partial charge in [-0.3, -0.25) is 0 Å². The molecule has 1 atom stereocenters. The highest BCUT2D eigenvalue weighted by Gasteiger charge is 2.40. The summed E-state index contributed by atoms with van der Waals surface area (Å²) in [6.07, 6.45) is 4.39. The van der Waals surface area contributed by atoms with Crippen molar-refractivity contribution >= 4 is 11.4 Å². The van der Waals surface area contributed by atoms with Gasteiger partial charge in [0.15, 0.2) is 0 Å². The lowest BCUT2D eigenvalue weighted by atomic mass is 9.79. The van der Waals surface area contributed by atoms with E-state index in [4.69, 9.17) is 5.73 Å². The summed E-state index contributed by atoms with van der Waals surface area (Å²) in [5.74, 6) is 0.339. The fourth-order valence-corrected chi connectivity index (χ4v) is 3.22. The topological polar surface area (TPSA) is 50.1 Å². The van der Waals surface area contributed by atoms with Crippen molar-refractivity contribution in [3.63, 3.8) is 0 Å². The molecule has 0 radical (unpaired) electrons. The van der Waals surface area contributed by atoms with Crippen LogP contribution < -0.4 is 16.4 Å². The van der Waals surface area contributed by atoms with Crippen LogP contribution in [-0.4, -0.2) is 11.7 Å². The Morgan fingerprint density at radius 1 is 1.17 bits per heavy atom. The number of anilines is 2. The third-order valence-electron chi connectivity index (χ3n) is 4.36. The number of nitrogens with one attached hydrogen (secondary N) is 2. The predicted molar refractivity (Wildman–Crippen MR) is 72.0 cm³/mol. The van der Waals surface area contributed by atoms with Crippen molar-refractivity contribution in [3.05, 3.63) is 24.0 Å². The van der Waals surface area contributed by atoms with Gasteiger partial charge >= 0.3 is 0 Å². The fraction of sp³-hybridized carbons (Fsp3) is 0.571. The van der Waals surface area contributed by atoms with Crippen LogP contribution in [0, 0.1) is 11.7 Å². The van der Waals surface area contributed by atoms with Crippen molar-refractivity contribution in [2.24, 2.45) is 11.7 Å². The highest BCUT2D eigenvalue weighted by atomic mass is 19.1. The number of hydrogen-bond donors (Lipinski definition) is 3. The van der Waals surface area contributed by atoms with Crippen LogP contribution in [0.15, 0.2) is 18.2 Å². The molecule has 3 nitrogen and oxygen atoms in total. The molecule has 1 heterocycles. The summed E-state index contributed by atoms with van der Waals surface area (Å²) in [4.78, 5) is 0. The Kier molecular flexibility index (Phi) is 2.70. The molecule has 1 aliphatic carbocycles. The Morgan fingerprint density at radius 3 is 2.56 bits per heavy atom. The molecule has 18 heavy (non-hydrogen) atoms. The first-order valence-corrected chi connectivity index (χ1v) is 6.68. The molecule has 1 fully saturated rings. The molecule has 4 heteroatoms. The van der Waals surface area contributed by atoms with E-state index in [0.29, 0.717) is 12.0 Å². The van der Waals surface area contributed by atoms with Gasteiger partial charge in [0.1, 0.15) is 11.5 Å². The summed E-state index contributed by atoms with van der Waals surface area (Å²) in [6.45, 7) is 2.16. The van der Waals surface area contributed by atoms with Crippen LogP contribution in [-0.2, 0) is 0 Å². The van der Waals surface area contributed by atoms with Crippen LogP contribution in [0.1, 0.15) is 32.6 Å². The Balaban J connectivity index is 1.78. The highest BCUT2D eigenvalue weighted by molar-refractivity contribution is 5.76. The minimum absolute atomic E-state index is 0.170. The van der Waals surface area contributed by atoms with E-state index in [-0.39, 0.29) is 11.5 Å². The van der Waals surface area contributed by atoms with Crippen LogP contribution in [0.25, 0.3) is 0 Å². The second kappa shape index (κ2) is 4.12. The first-order chi connectivity index (χ1) is 8.57. The average Bonchev–Trinajstić information content (AvgIpc) is 2.66. The van der Waals surface area contributed by atoms with Crippen LogP contribution >= 0.6 is 0 Å². The molecule has 98 valence electrons. The zero-order chi connectivity index (χ0) is 12.8. The smallest absolute Gasteiger partial charge is 0.125 e. The van der Waals surface area contributed by atoms with Crippen LogP contribution in [0.2, 0.25) is 0 Å². The van der Waals surface area contributed by atoms with Gasteiger partial charge in [-0.1, -0.05) is 0 Å². The third-order valence-corrected chi connectivity index (χ3v) is 4.36.